The second-order valence-corrected chi connectivity index (χ2v) is 21.7. The van der Waals surface area contributed by atoms with Gasteiger partial charge in [0, 0.05) is 0 Å². The summed E-state index contributed by atoms with van der Waals surface area (Å²) in [6.45, 7) is 2.31. The molecule has 5 aromatic carbocycles. The van der Waals surface area contributed by atoms with Gasteiger partial charge in [-0.2, -0.15) is 0 Å². The zero-order valence-electron chi connectivity index (χ0n) is 26.3. The van der Waals surface area contributed by atoms with Crippen molar-refractivity contribution in [2.24, 2.45) is 0 Å². The van der Waals surface area contributed by atoms with Crippen molar-refractivity contribution in [1.29, 1.82) is 0 Å². The molecule has 0 radical (unpaired) electrons. The molecule has 0 bridgehead atoms. The zero-order valence-corrected chi connectivity index (χ0v) is 28.4. The number of allylic oxidation sites excluding steroid dienone is 1. The molecule has 0 aliphatic rings. The van der Waals surface area contributed by atoms with Crippen LogP contribution in [0.5, 0.6) is 0 Å². The van der Waals surface area contributed by atoms with Gasteiger partial charge in [0.2, 0.25) is 0 Å². The van der Waals surface area contributed by atoms with Crippen molar-refractivity contribution >= 4 is 34.8 Å². The number of aryl methyl sites for hydroxylation is 1. The van der Waals surface area contributed by atoms with Crippen LogP contribution < -0.4 is 0 Å². The summed E-state index contributed by atoms with van der Waals surface area (Å²) in [4.78, 5) is 2.81. The van der Waals surface area contributed by atoms with Gasteiger partial charge in [-0.3, -0.25) is 0 Å². The SMILES string of the molecule is CCCCCCCCC[CH2][Ge](/[CH]=C/CCc1ccccc1)([CH2]c1ccc2ccccc2c1)[CH2]c1ccc2ccccc2c1. The summed E-state index contributed by atoms with van der Waals surface area (Å²) in [5.74, 6) is 0. The maximum absolute atomic E-state index is 2.81. The van der Waals surface area contributed by atoms with Gasteiger partial charge in [0.15, 0.2) is 0 Å². The van der Waals surface area contributed by atoms with Crippen LogP contribution in [0, 0.1) is 0 Å². The maximum atomic E-state index is 2.81. The van der Waals surface area contributed by atoms with E-state index in [0.29, 0.717) is 0 Å². The van der Waals surface area contributed by atoms with Gasteiger partial charge in [-0.05, 0) is 0 Å². The van der Waals surface area contributed by atoms with Gasteiger partial charge >= 0.3 is 265 Å². The fraction of sp³-hybridized carbons (Fsp3) is 0.333. The molecule has 0 aliphatic carbocycles. The molecule has 5 rings (SSSR count). The Hall–Kier alpha value is -3.10. The predicted octanol–water partition coefficient (Wildman–Crippen LogP) is 12.2. The van der Waals surface area contributed by atoms with E-state index >= 15 is 0 Å². The third-order valence-corrected chi connectivity index (χ3v) is 18.7. The minimum atomic E-state index is -2.53. The molecule has 0 saturated heterocycles. The molecular formula is C42H50Ge. The standard InChI is InChI=1S/C42H50Ge/c1-2-3-4-5-6-7-8-17-30-43(31-18-16-21-36-19-10-9-11-20-36,34-37-26-28-39-22-12-14-24-41(39)32-37)35-38-27-29-40-23-13-15-25-42(40)33-38/h9-15,18-20,22-29,31-33H,2-8,16-17,21,30,34-35H2,1H3/b31-18+. The van der Waals surface area contributed by atoms with Crippen LogP contribution in [0.25, 0.3) is 21.5 Å². The first kappa shape index (κ1) is 31.3. The molecule has 0 saturated carbocycles. The Morgan fingerprint density at radius 1 is 0.488 bits per heavy atom. The molecule has 0 atom stereocenters. The van der Waals surface area contributed by atoms with Gasteiger partial charge < -0.3 is 0 Å². The monoisotopic (exact) mass is 628 g/mol. The van der Waals surface area contributed by atoms with E-state index in [9.17, 15) is 0 Å². The van der Waals surface area contributed by atoms with Gasteiger partial charge in [0.25, 0.3) is 0 Å². The summed E-state index contributed by atoms with van der Waals surface area (Å²) in [6, 6.07) is 43.2. The number of rotatable bonds is 17. The molecule has 0 nitrogen and oxygen atoms in total. The molecule has 1 heteroatoms. The molecule has 0 amide bonds. The van der Waals surface area contributed by atoms with Gasteiger partial charge in [0.1, 0.15) is 0 Å². The van der Waals surface area contributed by atoms with E-state index in [1.165, 1.54) is 105 Å². The van der Waals surface area contributed by atoms with Gasteiger partial charge in [-0.15, -0.1) is 0 Å². The van der Waals surface area contributed by atoms with Crippen LogP contribution in [0.1, 0.15) is 81.4 Å². The Bertz CT molecular complexity index is 1480. The van der Waals surface area contributed by atoms with Crippen molar-refractivity contribution in [3.05, 3.63) is 143 Å². The van der Waals surface area contributed by atoms with Crippen molar-refractivity contribution in [2.45, 2.75) is 86.9 Å². The summed E-state index contributed by atoms with van der Waals surface area (Å²) < 4.78 is 0. The Balaban J connectivity index is 1.41. The summed E-state index contributed by atoms with van der Waals surface area (Å²) >= 11 is -2.53. The van der Waals surface area contributed by atoms with E-state index in [2.05, 4.69) is 133 Å². The first-order valence-electron chi connectivity index (χ1n) is 16.9. The van der Waals surface area contributed by atoms with E-state index in [4.69, 9.17) is 0 Å². The quantitative estimate of drug-likeness (QED) is 0.0711. The van der Waals surface area contributed by atoms with Crippen LogP contribution >= 0.6 is 0 Å². The summed E-state index contributed by atoms with van der Waals surface area (Å²) in [6.07, 6.45) is 15.9. The Kier molecular flexibility index (Phi) is 12.1. The molecule has 5 aromatic rings. The molecule has 0 spiro atoms. The summed E-state index contributed by atoms with van der Waals surface area (Å²) in [7, 11) is 0. The van der Waals surface area contributed by atoms with E-state index in [1.807, 2.05) is 0 Å². The van der Waals surface area contributed by atoms with E-state index in [1.54, 1.807) is 0 Å². The zero-order chi connectivity index (χ0) is 29.6. The Morgan fingerprint density at radius 2 is 1.00 bits per heavy atom. The van der Waals surface area contributed by atoms with Gasteiger partial charge in [-0.1, -0.05) is 0 Å². The average molecular weight is 627 g/mol. The molecule has 0 heterocycles. The normalized spacial score (nSPS) is 12.0. The second kappa shape index (κ2) is 16.7. The third kappa shape index (κ3) is 9.70. The molecule has 0 N–H and O–H groups in total. The van der Waals surface area contributed by atoms with Crippen LogP contribution in [-0.2, 0) is 16.9 Å². The van der Waals surface area contributed by atoms with Crippen molar-refractivity contribution in [1.82, 2.24) is 0 Å². The number of hydrogen-bond donors (Lipinski definition) is 0. The molecule has 43 heavy (non-hydrogen) atoms. The van der Waals surface area contributed by atoms with Gasteiger partial charge in [-0.25, -0.2) is 0 Å². The third-order valence-electron chi connectivity index (χ3n) is 9.18. The van der Waals surface area contributed by atoms with E-state index < -0.39 is 13.3 Å². The number of unbranched alkanes of at least 4 members (excludes halogenated alkanes) is 7. The number of hydrogen-bond acceptors (Lipinski definition) is 0. The Morgan fingerprint density at radius 3 is 1.58 bits per heavy atom. The van der Waals surface area contributed by atoms with Crippen LogP contribution in [0.2, 0.25) is 5.25 Å². The van der Waals surface area contributed by atoms with Gasteiger partial charge in [0.05, 0.1) is 0 Å². The first-order valence-corrected chi connectivity index (χ1v) is 22.6. The second-order valence-electron chi connectivity index (χ2n) is 12.7. The number of benzene rings is 5. The Labute approximate surface area is 263 Å². The molecule has 222 valence electrons. The number of fused-ring (bicyclic) bond motifs is 2. The molecule has 0 fully saturated rings. The van der Waals surface area contributed by atoms with Crippen LogP contribution in [0.3, 0.4) is 0 Å². The van der Waals surface area contributed by atoms with Crippen molar-refractivity contribution in [3.63, 3.8) is 0 Å². The van der Waals surface area contributed by atoms with Crippen LogP contribution in [0.15, 0.2) is 126 Å². The average Bonchev–Trinajstić information content (AvgIpc) is 3.05. The van der Waals surface area contributed by atoms with Crippen LogP contribution in [-0.4, -0.2) is 13.3 Å². The predicted molar refractivity (Wildman–Crippen MR) is 192 cm³/mol. The van der Waals surface area contributed by atoms with Crippen molar-refractivity contribution in [2.75, 3.05) is 0 Å². The summed E-state index contributed by atoms with van der Waals surface area (Å²) in [5, 5.41) is 9.38. The fourth-order valence-electron chi connectivity index (χ4n) is 6.79. The van der Waals surface area contributed by atoms with Crippen LogP contribution in [0.4, 0.5) is 0 Å². The first-order chi connectivity index (χ1) is 21.2. The minimum absolute atomic E-state index is 1.12. The van der Waals surface area contributed by atoms with E-state index in [0.717, 1.165) is 12.8 Å². The fourth-order valence-corrected chi connectivity index (χ4v) is 16.4. The van der Waals surface area contributed by atoms with Crippen molar-refractivity contribution < 1.29 is 0 Å². The topological polar surface area (TPSA) is 0 Å². The van der Waals surface area contributed by atoms with Crippen molar-refractivity contribution in [3.8, 4) is 0 Å². The van der Waals surface area contributed by atoms with E-state index in [-0.39, 0.29) is 0 Å². The molecule has 0 aromatic heterocycles. The summed E-state index contributed by atoms with van der Waals surface area (Å²) in [5.41, 5.74) is 4.51. The molecule has 0 aliphatic heterocycles. The molecule has 0 unspecified atom stereocenters. The molecular weight excluding hydrogens is 577 g/mol.